The summed E-state index contributed by atoms with van der Waals surface area (Å²) in [7, 11) is -3.60. The second kappa shape index (κ2) is 5.79. The predicted octanol–water partition coefficient (Wildman–Crippen LogP) is 3.39. The lowest BCUT2D eigenvalue weighted by molar-refractivity contribution is 0.163. The van der Waals surface area contributed by atoms with Crippen LogP contribution in [0, 0.1) is 0 Å². The highest BCUT2D eigenvalue weighted by Gasteiger charge is 2.41. The third-order valence-corrected chi connectivity index (χ3v) is 6.27. The molecule has 2 aromatic rings. The lowest BCUT2D eigenvalue weighted by Crippen LogP contribution is -2.35. The number of halogens is 1. The molecule has 3 nitrogen and oxygen atoms in total. The number of aliphatic hydroxyl groups excluding tert-OH is 1. The molecule has 5 heteroatoms. The molecule has 0 heterocycles. The molecule has 2 rings (SSSR count). The van der Waals surface area contributed by atoms with Crippen molar-refractivity contribution in [3.8, 4) is 11.1 Å². The number of hydrogen-bond donors (Lipinski definition) is 1. The quantitative estimate of drug-likeness (QED) is 0.877. The molecule has 0 radical (unpaired) electrons. The molecule has 2 atom stereocenters. The number of sulfone groups is 1. The first-order valence-electron chi connectivity index (χ1n) is 6.45. The zero-order valence-corrected chi connectivity index (χ0v) is 13.4. The monoisotopic (exact) mass is 324 g/mol. The molecule has 112 valence electrons. The molecule has 0 unspecified atom stereocenters. The minimum Gasteiger partial charge on any atom is -0.385 e. The van der Waals surface area contributed by atoms with Gasteiger partial charge in [0, 0.05) is 6.26 Å². The molecule has 0 saturated heterocycles. The van der Waals surface area contributed by atoms with Crippen LogP contribution in [-0.2, 0) is 9.84 Å². The first-order chi connectivity index (χ1) is 9.73. The number of benzene rings is 2. The number of aliphatic hydroxyl groups is 1. The van der Waals surface area contributed by atoms with Crippen LogP contribution in [0.4, 0.5) is 0 Å². The molecular formula is C16H17ClO3S. The van der Waals surface area contributed by atoms with E-state index in [2.05, 4.69) is 0 Å². The first kappa shape index (κ1) is 16.0. The molecule has 1 N–H and O–H groups in total. The van der Waals surface area contributed by atoms with Gasteiger partial charge in [-0.25, -0.2) is 8.42 Å². The molecule has 0 spiro atoms. The molecule has 2 aromatic carbocycles. The molecule has 0 aromatic heterocycles. The number of alkyl halides is 1. The fourth-order valence-corrected chi connectivity index (χ4v) is 2.66. The van der Waals surface area contributed by atoms with E-state index in [4.69, 9.17) is 11.6 Å². The van der Waals surface area contributed by atoms with Gasteiger partial charge in [-0.2, -0.15) is 0 Å². The minimum atomic E-state index is -3.60. The molecule has 0 saturated carbocycles. The summed E-state index contributed by atoms with van der Waals surface area (Å²) in [5, 5.41) is 10.2. The number of rotatable bonds is 4. The Balaban J connectivity index is 2.32. The van der Waals surface area contributed by atoms with Gasteiger partial charge in [0.15, 0.2) is 14.0 Å². The highest BCUT2D eigenvalue weighted by Crippen LogP contribution is 2.36. The van der Waals surface area contributed by atoms with Gasteiger partial charge in [-0.05, 0) is 23.6 Å². The van der Waals surface area contributed by atoms with Crippen molar-refractivity contribution in [3.63, 3.8) is 0 Å². The van der Waals surface area contributed by atoms with Gasteiger partial charge in [0.25, 0.3) is 0 Å². The van der Waals surface area contributed by atoms with E-state index in [1.165, 1.54) is 6.92 Å². The third kappa shape index (κ3) is 3.28. The minimum absolute atomic E-state index is 0.470. The molecular weight excluding hydrogens is 308 g/mol. The van der Waals surface area contributed by atoms with E-state index in [1.54, 1.807) is 12.1 Å². The summed E-state index contributed by atoms with van der Waals surface area (Å²) in [6.45, 7) is 1.31. The Labute approximate surface area is 130 Å². The average molecular weight is 325 g/mol. The molecule has 0 amide bonds. The standard InChI is InChI=1S/C16H17ClO3S/c1-16(17,21(2,19)20)15(18)14-10-8-13(9-11-14)12-6-4-3-5-7-12/h3-11,15,18H,1-2H3/t15-,16-/m1/s1. The third-order valence-electron chi connectivity index (χ3n) is 3.55. The van der Waals surface area contributed by atoms with Gasteiger partial charge >= 0.3 is 0 Å². The van der Waals surface area contributed by atoms with Crippen LogP contribution in [0.25, 0.3) is 11.1 Å². The van der Waals surface area contributed by atoms with Crippen LogP contribution < -0.4 is 0 Å². The van der Waals surface area contributed by atoms with Crippen LogP contribution in [0.3, 0.4) is 0 Å². The summed E-state index contributed by atoms with van der Waals surface area (Å²) >= 11 is 6.02. The van der Waals surface area contributed by atoms with Crippen molar-refractivity contribution in [3.05, 3.63) is 60.2 Å². The normalized spacial score (nSPS) is 16.2. The van der Waals surface area contributed by atoms with Gasteiger partial charge < -0.3 is 5.11 Å². The fourth-order valence-electron chi connectivity index (χ4n) is 1.99. The van der Waals surface area contributed by atoms with E-state index in [9.17, 15) is 13.5 Å². The van der Waals surface area contributed by atoms with Gasteiger partial charge in [-0.3, -0.25) is 0 Å². The van der Waals surface area contributed by atoms with Crippen LogP contribution in [0.15, 0.2) is 54.6 Å². The molecule has 0 fully saturated rings. The van der Waals surface area contributed by atoms with Crippen molar-refractivity contribution in [2.75, 3.05) is 6.26 Å². The zero-order chi connectivity index (χ0) is 15.7. The Bertz CT molecular complexity index is 707. The molecule has 0 aliphatic heterocycles. The number of hydrogen-bond acceptors (Lipinski definition) is 3. The van der Waals surface area contributed by atoms with Crippen LogP contribution in [0.1, 0.15) is 18.6 Å². The lowest BCUT2D eigenvalue weighted by Gasteiger charge is -2.26. The Hall–Kier alpha value is -1.36. The topological polar surface area (TPSA) is 54.4 Å². The fraction of sp³-hybridized carbons (Fsp3) is 0.250. The van der Waals surface area contributed by atoms with Crippen molar-refractivity contribution < 1.29 is 13.5 Å². The van der Waals surface area contributed by atoms with Crippen molar-refractivity contribution in [2.45, 2.75) is 17.2 Å². The van der Waals surface area contributed by atoms with Crippen LogP contribution >= 0.6 is 11.6 Å². The maximum absolute atomic E-state index is 11.7. The molecule has 21 heavy (non-hydrogen) atoms. The summed E-state index contributed by atoms with van der Waals surface area (Å²) in [6, 6.07) is 16.8. The summed E-state index contributed by atoms with van der Waals surface area (Å²) < 4.78 is 21.6. The van der Waals surface area contributed by atoms with Gasteiger partial charge in [0.05, 0.1) is 0 Å². The highest BCUT2D eigenvalue weighted by molar-refractivity contribution is 7.93. The van der Waals surface area contributed by atoms with Crippen molar-refractivity contribution in [2.24, 2.45) is 0 Å². The second-order valence-electron chi connectivity index (χ2n) is 5.15. The van der Waals surface area contributed by atoms with Crippen LogP contribution in [0.5, 0.6) is 0 Å². The van der Waals surface area contributed by atoms with Gasteiger partial charge in [-0.15, -0.1) is 0 Å². The lowest BCUT2D eigenvalue weighted by atomic mass is 10.0. The molecule has 0 aliphatic carbocycles. The largest absolute Gasteiger partial charge is 0.385 e. The summed E-state index contributed by atoms with van der Waals surface area (Å²) in [4.78, 5) is 0. The Kier molecular flexibility index (Phi) is 4.42. The summed E-state index contributed by atoms with van der Waals surface area (Å²) in [6.07, 6.45) is -0.277. The van der Waals surface area contributed by atoms with Crippen LogP contribution in [-0.4, -0.2) is 24.0 Å². The van der Waals surface area contributed by atoms with E-state index in [0.29, 0.717) is 5.56 Å². The Morgan fingerprint density at radius 2 is 1.48 bits per heavy atom. The van der Waals surface area contributed by atoms with Crippen LogP contribution in [0.2, 0.25) is 0 Å². The van der Waals surface area contributed by atoms with E-state index in [1.807, 2.05) is 42.5 Å². The maximum atomic E-state index is 11.7. The van der Waals surface area contributed by atoms with Gasteiger partial charge in [0.2, 0.25) is 0 Å². The van der Waals surface area contributed by atoms with Crippen molar-refractivity contribution >= 4 is 21.4 Å². The average Bonchev–Trinajstić information content (AvgIpc) is 2.46. The van der Waals surface area contributed by atoms with Crippen molar-refractivity contribution in [1.82, 2.24) is 0 Å². The van der Waals surface area contributed by atoms with E-state index in [0.717, 1.165) is 17.4 Å². The second-order valence-corrected chi connectivity index (χ2v) is 8.55. The predicted molar refractivity (Wildman–Crippen MR) is 85.9 cm³/mol. The highest BCUT2D eigenvalue weighted by atomic mass is 35.5. The molecule has 0 bridgehead atoms. The van der Waals surface area contributed by atoms with E-state index < -0.39 is 20.1 Å². The zero-order valence-electron chi connectivity index (χ0n) is 11.8. The summed E-state index contributed by atoms with van der Waals surface area (Å²) in [5.74, 6) is 0. The first-order valence-corrected chi connectivity index (χ1v) is 8.72. The smallest absolute Gasteiger partial charge is 0.172 e. The SMILES string of the molecule is C[C@](Cl)([C@H](O)c1ccc(-c2ccccc2)cc1)S(C)(=O)=O. The maximum Gasteiger partial charge on any atom is 0.172 e. The van der Waals surface area contributed by atoms with E-state index >= 15 is 0 Å². The Morgan fingerprint density at radius 3 is 1.95 bits per heavy atom. The Morgan fingerprint density at radius 1 is 1.00 bits per heavy atom. The van der Waals surface area contributed by atoms with Crippen molar-refractivity contribution in [1.29, 1.82) is 0 Å². The van der Waals surface area contributed by atoms with Gasteiger partial charge in [0.1, 0.15) is 6.10 Å². The molecule has 0 aliphatic rings. The van der Waals surface area contributed by atoms with E-state index in [-0.39, 0.29) is 0 Å². The summed E-state index contributed by atoms with van der Waals surface area (Å²) in [5.41, 5.74) is 2.51. The van der Waals surface area contributed by atoms with Gasteiger partial charge in [-0.1, -0.05) is 66.2 Å².